The molecule has 1 aliphatic rings. The number of aliphatic hydroxyl groups is 1. The maximum Gasteiger partial charge on any atom is 0.225 e. The predicted octanol–water partition coefficient (Wildman–Crippen LogP) is 2.37. The number of nitrogens with one attached hydrogen (secondary N) is 2. The highest BCUT2D eigenvalue weighted by Gasteiger charge is 2.34. The molecule has 19 heavy (non-hydrogen) atoms. The molecule has 1 fully saturated rings. The van der Waals surface area contributed by atoms with Crippen LogP contribution in [0.2, 0.25) is 0 Å². The van der Waals surface area contributed by atoms with Gasteiger partial charge in [0.2, 0.25) is 5.95 Å². The summed E-state index contributed by atoms with van der Waals surface area (Å²) in [5.74, 6) is 1.41. The molecule has 0 bridgehead atoms. The second-order valence-electron chi connectivity index (χ2n) is 5.15. The van der Waals surface area contributed by atoms with Gasteiger partial charge < -0.3 is 15.7 Å². The Morgan fingerprint density at radius 1 is 1.42 bits per heavy atom. The molecule has 2 aromatic heterocycles. The van der Waals surface area contributed by atoms with Crippen LogP contribution in [0.15, 0.2) is 6.07 Å². The average molecular weight is 278 g/mol. The molecule has 3 N–H and O–H groups in total. The molecule has 0 unspecified atom stereocenters. The van der Waals surface area contributed by atoms with E-state index >= 15 is 0 Å². The molecule has 2 aromatic rings. The fraction of sp³-hybridized carbons (Fsp3) is 0.538. The minimum absolute atomic E-state index is 0.553. The van der Waals surface area contributed by atoms with Crippen molar-refractivity contribution in [3.8, 4) is 0 Å². The van der Waals surface area contributed by atoms with Crippen LogP contribution in [0.1, 0.15) is 24.1 Å². The van der Waals surface area contributed by atoms with Crippen LogP contribution in [0.5, 0.6) is 0 Å². The molecule has 1 aliphatic carbocycles. The van der Waals surface area contributed by atoms with Crippen LogP contribution in [0, 0.1) is 6.92 Å². The third-order valence-corrected chi connectivity index (χ3v) is 4.55. The van der Waals surface area contributed by atoms with Gasteiger partial charge in [-0.1, -0.05) is 0 Å². The van der Waals surface area contributed by atoms with Gasteiger partial charge in [0.1, 0.15) is 10.6 Å². The molecule has 0 saturated heterocycles. The summed E-state index contributed by atoms with van der Waals surface area (Å²) in [6.45, 7) is 2.62. The van der Waals surface area contributed by atoms with Gasteiger partial charge in [0.15, 0.2) is 0 Å². The summed E-state index contributed by atoms with van der Waals surface area (Å²) < 4.78 is 0. The summed E-state index contributed by atoms with van der Waals surface area (Å²) in [6, 6.07) is 2.09. The first-order chi connectivity index (χ1) is 9.09. The lowest BCUT2D eigenvalue weighted by molar-refractivity contribution is -0.0202. The van der Waals surface area contributed by atoms with Gasteiger partial charge in [0.05, 0.1) is 11.0 Å². The van der Waals surface area contributed by atoms with Crippen molar-refractivity contribution in [1.82, 2.24) is 9.97 Å². The molecule has 6 heteroatoms. The van der Waals surface area contributed by atoms with Crippen LogP contribution in [-0.4, -0.2) is 34.3 Å². The Hall–Kier alpha value is -1.40. The highest BCUT2D eigenvalue weighted by atomic mass is 32.1. The number of hydrogen-bond donors (Lipinski definition) is 3. The zero-order chi connectivity index (χ0) is 13.5. The van der Waals surface area contributed by atoms with Gasteiger partial charge in [0.25, 0.3) is 0 Å². The highest BCUT2D eigenvalue weighted by Crippen LogP contribution is 2.33. The summed E-state index contributed by atoms with van der Waals surface area (Å²) in [6.07, 6.45) is 2.85. The van der Waals surface area contributed by atoms with Gasteiger partial charge in [-0.05, 0) is 32.3 Å². The number of thiophene rings is 1. The number of aromatic nitrogens is 2. The first-order valence-corrected chi connectivity index (χ1v) is 7.33. The second-order valence-corrected chi connectivity index (χ2v) is 6.39. The van der Waals surface area contributed by atoms with E-state index in [2.05, 4.69) is 33.6 Å². The lowest BCUT2D eigenvalue weighted by atomic mass is 9.80. The molecular formula is C13H18N4OS. The lowest BCUT2D eigenvalue weighted by Crippen LogP contribution is -2.43. The van der Waals surface area contributed by atoms with E-state index in [0.29, 0.717) is 12.5 Å². The van der Waals surface area contributed by atoms with Gasteiger partial charge in [-0.3, -0.25) is 0 Å². The number of hydrogen-bond acceptors (Lipinski definition) is 6. The molecule has 1 saturated carbocycles. The highest BCUT2D eigenvalue weighted by molar-refractivity contribution is 7.18. The smallest absolute Gasteiger partial charge is 0.225 e. The largest absolute Gasteiger partial charge is 0.388 e. The van der Waals surface area contributed by atoms with E-state index in [-0.39, 0.29) is 0 Å². The Balaban J connectivity index is 1.91. The zero-order valence-corrected chi connectivity index (χ0v) is 12.0. The zero-order valence-electron chi connectivity index (χ0n) is 11.2. The number of anilines is 2. The van der Waals surface area contributed by atoms with Crippen LogP contribution in [0.4, 0.5) is 11.8 Å². The van der Waals surface area contributed by atoms with E-state index in [0.717, 1.165) is 35.3 Å². The summed E-state index contributed by atoms with van der Waals surface area (Å²) in [5, 5.41) is 17.4. The summed E-state index contributed by atoms with van der Waals surface area (Å²) in [4.78, 5) is 11.1. The molecule has 0 amide bonds. The number of aryl methyl sites for hydroxylation is 1. The van der Waals surface area contributed by atoms with Crippen molar-refractivity contribution >= 4 is 33.3 Å². The number of fused-ring (bicyclic) bond motifs is 1. The Morgan fingerprint density at radius 3 is 2.84 bits per heavy atom. The molecule has 0 radical (unpaired) electrons. The number of nitrogens with zero attached hydrogens (tertiary/aromatic N) is 2. The maximum absolute atomic E-state index is 10.2. The third kappa shape index (κ3) is 2.37. The van der Waals surface area contributed by atoms with Crippen LogP contribution in [-0.2, 0) is 0 Å². The van der Waals surface area contributed by atoms with Gasteiger partial charge in [-0.15, -0.1) is 11.3 Å². The van der Waals surface area contributed by atoms with E-state index in [1.54, 1.807) is 11.3 Å². The first-order valence-electron chi connectivity index (χ1n) is 6.52. The van der Waals surface area contributed by atoms with Crippen molar-refractivity contribution in [2.75, 3.05) is 24.2 Å². The van der Waals surface area contributed by atoms with Crippen LogP contribution < -0.4 is 10.6 Å². The molecule has 0 atom stereocenters. The van der Waals surface area contributed by atoms with Gasteiger partial charge in [-0.2, -0.15) is 4.98 Å². The second kappa shape index (κ2) is 4.61. The van der Waals surface area contributed by atoms with Crippen molar-refractivity contribution in [2.24, 2.45) is 0 Å². The molecule has 3 rings (SSSR count). The summed E-state index contributed by atoms with van der Waals surface area (Å²) >= 11 is 1.66. The van der Waals surface area contributed by atoms with E-state index in [1.807, 2.05) is 7.05 Å². The Morgan fingerprint density at radius 2 is 2.21 bits per heavy atom. The Kier molecular flexibility index (Phi) is 3.06. The minimum atomic E-state index is -0.553. The maximum atomic E-state index is 10.2. The molecule has 0 spiro atoms. The summed E-state index contributed by atoms with van der Waals surface area (Å²) in [7, 11) is 1.81. The van der Waals surface area contributed by atoms with Crippen molar-refractivity contribution in [3.63, 3.8) is 0 Å². The summed E-state index contributed by atoms with van der Waals surface area (Å²) in [5.41, 5.74) is -0.553. The fourth-order valence-corrected chi connectivity index (χ4v) is 3.18. The molecule has 0 aromatic carbocycles. The van der Waals surface area contributed by atoms with Crippen molar-refractivity contribution in [2.45, 2.75) is 31.8 Å². The molecule has 102 valence electrons. The SMILES string of the molecule is CNc1nc(NCC2(O)CCC2)c2cc(C)sc2n1. The van der Waals surface area contributed by atoms with Crippen molar-refractivity contribution in [3.05, 3.63) is 10.9 Å². The van der Waals surface area contributed by atoms with E-state index in [1.165, 1.54) is 4.88 Å². The quantitative estimate of drug-likeness (QED) is 0.801. The standard InChI is InChI=1S/C13H18N4OS/c1-8-6-9-10(15-7-13(18)4-3-5-13)16-12(14-2)17-11(9)19-8/h6,18H,3-5,7H2,1-2H3,(H2,14,15,16,17). The first kappa shape index (κ1) is 12.6. The van der Waals surface area contributed by atoms with Crippen LogP contribution in [0.25, 0.3) is 10.2 Å². The van der Waals surface area contributed by atoms with Crippen LogP contribution >= 0.6 is 11.3 Å². The predicted molar refractivity (Wildman–Crippen MR) is 79.0 cm³/mol. The Labute approximate surface area is 116 Å². The topological polar surface area (TPSA) is 70.1 Å². The molecule has 2 heterocycles. The van der Waals surface area contributed by atoms with Gasteiger partial charge >= 0.3 is 0 Å². The van der Waals surface area contributed by atoms with Crippen molar-refractivity contribution in [1.29, 1.82) is 0 Å². The molecule has 0 aliphatic heterocycles. The Bertz CT molecular complexity index is 606. The van der Waals surface area contributed by atoms with E-state index < -0.39 is 5.60 Å². The van der Waals surface area contributed by atoms with Gasteiger partial charge in [-0.25, -0.2) is 4.98 Å². The van der Waals surface area contributed by atoms with Crippen molar-refractivity contribution < 1.29 is 5.11 Å². The monoisotopic (exact) mass is 278 g/mol. The van der Waals surface area contributed by atoms with Gasteiger partial charge in [0, 0.05) is 18.5 Å². The van der Waals surface area contributed by atoms with E-state index in [9.17, 15) is 5.11 Å². The minimum Gasteiger partial charge on any atom is -0.388 e. The third-order valence-electron chi connectivity index (χ3n) is 3.61. The molecular weight excluding hydrogens is 260 g/mol. The molecule has 5 nitrogen and oxygen atoms in total. The van der Waals surface area contributed by atoms with E-state index in [4.69, 9.17) is 0 Å². The normalized spacial score (nSPS) is 17.2. The fourth-order valence-electron chi connectivity index (χ4n) is 2.30. The lowest BCUT2D eigenvalue weighted by Gasteiger charge is -2.36. The van der Waals surface area contributed by atoms with Crippen LogP contribution in [0.3, 0.4) is 0 Å². The number of rotatable bonds is 4. The average Bonchev–Trinajstić information content (AvgIpc) is 2.73.